The molecule has 1 aliphatic heterocycles. The molecule has 0 atom stereocenters. The Labute approximate surface area is 177 Å². The number of hydrogen-bond acceptors (Lipinski definition) is 6. The minimum absolute atomic E-state index is 0.0186. The van der Waals surface area contributed by atoms with Gasteiger partial charge in [-0.05, 0) is 30.3 Å². The molecule has 0 fully saturated rings. The Morgan fingerprint density at radius 3 is 2.73 bits per heavy atom. The number of non-ortho nitro benzene ring substituents is 1. The van der Waals surface area contributed by atoms with E-state index in [4.69, 9.17) is 16.3 Å². The minimum Gasteiger partial charge on any atom is -0.496 e. The number of aromatic amines is 1. The van der Waals surface area contributed by atoms with Crippen LogP contribution in [0.3, 0.4) is 0 Å². The molecule has 1 aromatic heterocycles. The second-order valence-corrected chi connectivity index (χ2v) is 7.50. The second-order valence-electron chi connectivity index (χ2n) is 7.06. The van der Waals surface area contributed by atoms with E-state index in [2.05, 4.69) is 14.9 Å². The number of nitrogens with zero attached hydrogens (tertiary/aromatic N) is 3. The molecule has 9 heteroatoms. The first-order chi connectivity index (χ1) is 14.4. The van der Waals surface area contributed by atoms with Crippen molar-refractivity contribution in [3.05, 3.63) is 84.8 Å². The molecule has 3 aromatic rings. The third kappa shape index (κ3) is 4.05. The van der Waals surface area contributed by atoms with Gasteiger partial charge < -0.3 is 9.72 Å². The molecule has 8 nitrogen and oxygen atoms in total. The molecule has 0 amide bonds. The average Bonchev–Trinajstić information content (AvgIpc) is 2.74. The molecular weight excluding hydrogens is 408 g/mol. The van der Waals surface area contributed by atoms with Crippen molar-refractivity contribution in [2.24, 2.45) is 0 Å². The zero-order valence-electron chi connectivity index (χ0n) is 16.2. The molecule has 0 radical (unpaired) electrons. The third-order valence-electron chi connectivity index (χ3n) is 5.14. The highest BCUT2D eigenvalue weighted by atomic mass is 35.5. The topological polar surface area (TPSA) is 101 Å². The van der Waals surface area contributed by atoms with E-state index >= 15 is 0 Å². The Kier molecular flexibility index (Phi) is 5.52. The molecular formula is C21H19ClN4O4. The van der Waals surface area contributed by atoms with Crippen molar-refractivity contribution >= 4 is 17.3 Å². The van der Waals surface area contributed by atoms with Crippen molar-refractivity contribution in [3.8, 4) is 17.1 Å². The molecule has 154 valence electrons. The molecule has 0 unspecified atom stereocenters. The Morgan fingerprint density at radius 1 is 1.27 bits per heavy atom. The van der Waals surface area contributed by atoms with Gasteiger partial charge in [0.05, 0.1) is 29.4 Å². The highest BCUT2D eigenvalue weighted by Crippen LogP contribution is 2.27. The van der Waals surface area contributed by atoms with Crippen LogP contribution >= 0.6 is 11.6 Å². The Morgan fingerprint density at radius 2 is 2.03 bits per heavy atom. The van der Waals surface area contributed by atoms with Crippen LogP contribution in [-0.2, 0) is 19.5 Å². The SMILES string of the molecule is COc1cc([N+](=O)[O-])ccc1CN1CCc2nc(-c3ccc(Cl)cc3)[nH]c(=O)c2C1. The first kappa shape index (κ1) is 20.1. The second kappa shape index (κ2) is 8.25. The molecule has 2 heterocycles. The van der Waals surface area contributed by atoms with Crippen LogP contribution in [0.15, 0.2) is 47.3 Å². The Bertz CT molecular complexity index is 1160. The summed E-state index contributed by atoms with van der Waals surface area (Å²) in [6.45, 7) is 1.67. The van der Waals surface area contributed by atoms with Crippen molar-refractivity contribution < 1.29 is 9.66 Å². The lowest BCUT2D eigenvalue weighted by molar-refractivity contribution is -0.384. The molecule has 4 rings (SSSR count). The van der Waals surface area contributed by atoms with E-state index < -0.39 is 4.92 Å². The summed E-state index contributed by atoms with van der Waals surface area (Å²) in [6.07, 6.45) is 0.634. The van der Waals surface area contributed by atoms with Crippen LogP contribution in [0.25, 0.3) is 11.4 Å². The van der Waals surface area contributed by atoms with Crippen LogP contribution in [0, 0.1) is 10.1 Å². The van der Waals surface area contributed by atoms with E-state index in [0.717, 1.165) is 16.8 Å². The number of H-pyrrole nitrogens is 1. The van der Waals surface area contributed by atoms with Crippen molar-refractivity contribution in [3.63, 3.8) is 0 Å². The number of methoxy groups -OCH3 is 1. The van der Waals surface area contributed by atoms with Gasteiger partial charge in [-0.1, -0.05) is 11.6 Å². The fourth-order valence-electron chi connectivity index (χ4n) is 3.58. The Hall–Kier alpha value is -3.23. The van der Waals surface area contributed by atoms with Gasteiger partial charge in [-0.15, -0.1) is 0 Å². The summed E-state index contributed by atoms with van der Waals surface area (Å²) in [5.74, 6) is 0.987. The number of hydrogen-bond donors (Lipinski definition) is 1. The number of fused-ring (bicyclic) bond motifs is 1. The van der Waals surface area contributed by atoms with Gasteiger partial charge >= 0.3 is 0 Å². The summed E-state index contributed by atoms with van der Waals surface area (Å²) in [5.41, 5.74) is 2.88. The number of halogens is 1. The number of nitro groups is 1. The van der Waals surface area contributed by atoms with Gasteiger partial charge in [-0.2, -0.15) is 0 Å². The van der Waals surface area contributed by atoms with E-state index in [0.29, 0.717) is 48.2 Å². The molecule has 0 spiro atoms. The van der Waals surface area contributed by atoms with Crippen LogP contribution < -0.4 is 10.3 Å². The highest BCUT2D eigenvalue weighted by Gasteiger charge is 2.23. The summed E-state index contributed by atoms with van der Waals surface area (Å²) in [7, 11) is 1.49. The van der Waals surface area contributed by atoms with Gasteiger partial charge in [-0.3, -0.25) is 19.8 Å². The maximum atomic E-state index is 12.7. The van der Waals surface area contributed by atoms with Crippen LogP contribution in [0.4, 0.5) is 5.69 Å². The quantitative estimate of drug-likeness (QED) is 0.494. The van der Waals surface area contributed by atoms with Gasteiger partial charge in [-0.25, -0.2) is 4.98 Å². The zero-order valence-corrected chi connectivity index (χ0v) is 17.0. The molecule has 1 N–H and O–H groups in total. The van der Waals surface area contributed by atoms with Crippen LogP contribution in [-0.4, -0.2) is 33.4 Å². The Balaban J connectivity index is 1.56. The standard InChI is InChI=1S/C21H19ClN4O4/c1-30-19-10-16(26(28)29)7-4-14(19)11-25-9-8-18-17(12-25)21(27)24-20(23-18)13-2-5-15(22)6-3-13/h2-7,10H,8-9,11-12H2,1H3,(H,23,24,27). The smallest absolute Gasteiger partial charge is 0.273 e. The van der Waals surface area contributed by atoms with Crippen LogP contribution in [0.1, 0.15) is 16.8 Å². The molecule has 0 saturated heterocycles. The summed E-state index contributed by atoms with van der Waals surface area (Å²) >= 11 is 5.93. The lowest BCUT2D eigenvalue weighted by atomic mass is 10.0. The minimum atomic E-state index is -0.451. The monoisotopic (exact) mass is 426 g/mol. The maximum Gasteiger partial charge on any atom is 0.273 e. The van der Waals surface area contributed by atoms with Crippen molar-refractivity contribution in [1.82, 2.24) is 14.9 Å². The van der Waals surface area contributed by atoms with Crippen molar-refractivity contribution in [2.45, 2.75) is 19.5 Å². The fourth-order valence-corrected chi connectivity index (χ4v) is 3.70. The van der Waals surface area contributed by atoms with E-state index in [1.807, 2.05) is 12.1 Å². The van der Waals surface area contributed by atoms with Gasteiger partial charge in [0, 0.05) is 48.3 Å². The molecule has 0 aliphatic carbocycles. The molecule has 2 aromatic carbocycles. The van der Waals surface area contributed by atoms with E-state index in [9.17, 15) is 14.9 Å². The molecule has 0 bridgehead atoms. The summed E-state index contributed by atoms with van der Waals surface area (Å²) in [4.78, 5) is 32.9. The summed E-state index contributed by atoms with van der Waals surface area (Å²) < 4.78 is 5.32. The van der Waals surface area contributed by atoms with E-state index in [1.54, 1.807) is 18.2 Å². The fraction of sp³-hybridized carbons (Fsp3) is 0.238. The predicted molar refractivity (Wildman–Crippen MR) is 113 cm³/mol. The average molecular weight is 427 g/mol. The maximum absolute atomic E-state index is 12.7. The number of aromatic nitrogens is 2. The first-order valence-electron chi connectivity index (χ1n) is 9.36. The zero-order chi connectivity index (χ0) is 21.3. The summed E-state index contributed by atoms with van der Waals surface area (Å²) in [5, 5.41) is 11.6. The number of nitrogens with one attached hydrogen (secondary N) is 1. The van der Waals surface area contributed by atoms with Gasteiger partial charge in [0.1, 0.15) is 11.6 Å². The number of nitro benzene ring substituents is 1. The number of benzene rings is 2. The number of ether oxygens (including phenoxy) is 1. The third-order valence-corrected chi connectivity index (χ3v) is 5.39. The lowest BCUT2D eigenvalue weighted by Gasteiger charge is -2.28. The van der Waals surface area contributed by atoms with Crippen LogP contribution in [0.2, 0.25) is 5.02 Å². The predicted octanol–water partition coefficient (Wildman–Crippen LogP) is 3.57. The largest absolute Gasteiger partial charge is 0.496 e. The van der Waals surface area contributed by atoms with Gasteiger partial charge in [0.15, 0.2) is 0 Å². The van der Waals surface area contributed by atoms with Crippen LogP contribution in [0.5, 0.6) is 5.75 Å². The summed E-state index contributed by atoms with van der Waals surface area (Å²) in [6, 6.07) is 11.7. The highest BCUT2D eigenvalue weighted by molar-refractivity contribution is 6.30. The van der Waals surface area contributed by atoms with Gasteiger partial charge in [0.2, 0.25) is 0 Å². The van der Waals surface area contributed by atoms with Crippen molar-refractivity contribution in [2.75, 3.05) is 13.7 Å². The molecule has 30 heavy (non-hydrogen) atoms. The number of rotatable bonds is 5. The normalized spacial score (nSPS) is 13.7. The van der Waals surface area contributed by atoms with Gasteiger partial charge in [0.25, 0.3) is 11.2 Å². The molecule has 1 aliphatic rings. The lowest BCUT2D eigenvalue weighted by Crippen LogP contribution is -2.35. The first-order valence-corrected chi connectivity index (χ1v) is 9.74. The van der Waals surface area contributed by atoms with Crippen molar-refractivity contribution in [1.29, 1.82) is 0 Å². The molecule has 0 saturated carbocycles. The van der Waals surface area contributed by atoms with E-state index in [-0.39, 0.29) is 11.2 Å². The van der Waals surface area contributed by atoms with E-state index in [1.165, 1.54) is 19.2 Å².